The van der Waals surface area contributed by atoms with Crippen LogP contribution in [-0.2, 0) is 10.2 Å². The highest BCUT2D eigenvalue weighted by atomic mass is 35.5. The van der Waals surface area contributed by atoms with Crippen LogP contribution in [0.2, 0.25) is 5.02 Å². The fourth-order valence-electron chi connectivity index (χ4n) is 3.37. The summed E-state index contributed by atoms with van der Waals surface area (Å²) in [6.45, 7) is 0.711. The van der Waals surface area contributed by atoms with Gasteiger partial charge in [0.1, 0.15) is 0 Å². The second-order valence-corrected chi connectivity index (χ2v) is 7.18. The summed E-state index contributed by atoms with van der Waals surface area (Å²) in [5.41, 5.74) is 2.51. The molecule has 1 aromatic heterocycles. The van der Waals surface area contributed by atoms with Gasteiger partial charge >= 0.3 is 0 Å². The van der Waals surface area contributed by atoms with Gasteiger partial charge in [-0.3, -0.25) is 9.78 Å². The van der Waals surface area contributed by atoms with Gasteiger partial charge in [0.2, 0.25) is 5.91 Å². The van der Waals surface area contributed by atoms with E-state index in [4.69, 9.17) is 11.6 Å². The van der Waals surface area contributed by atoms with Crippen molar-refractivity contribution >= 4 is 17.5 Å². The molecule has 3 nitrogen and oxygen atoms in total. The number of carbonyl (C=O) groups is 1. The molecule has 2 aromatic rings. The van der Waals surface area contributed by atoms with Crippen LogP contribution in [-0.4, -0.2) is 17.4 Å². The van der Waals surface area contributed by atoms with Crippen molar-refractivity contribution in [1.29, 1.82) is 0 Å². The second kappa shape index (κ2) is 5.64. The predicted octanol–water partition coefficient (Wildman–Crippen LogP) is 3.69. The molecule has 1 aromatic carbocycles. The molecule has 2 saturated carbocycles. The molecule has 1 amide bonds. The largest absolute Gasteiger partial charge is 0.355 e. The maximum absolute atomic E-state index is 12.4. The molecule has 0 aliphatic heterocycles. The van der Waals surface area contributed by atoms with Gasteiger partial charge in [-0.15, -0.1) is 0 Å². The average Bonchev–Trinajstić information content (AvgIpc) is 3.48. The third kappa shape index (κ3) is 2.98. The second-order valence-electron chi connectivity index (χ2n) is 6.74. The SMILES string of the molecule is O=C(NCC1(c2cccc(Cl)c2)CC1)C1CC1c1cccnc1. The van der Waals surface area contributed by atoms with Gasteiger partial charge in [-0.05, 0) is 54.5 Å². The highest BCUT2D eigenvalue weighted by molar-refractivity contribution is 6.30. The van der Waals surface area contributed by atoms with Crippen molar-refractivity contribution < 1.29 is 4.79 Å². The Bertz CT molecular complexity index is 727. The molecule has 2 aliphatic carbocycles. The molecular weight excluding hydrogens is 308 g/mol. The smallest absolute Gasteiger partial charge is 0.223 e. The molecular formula is C19H19ClN2O. The first-order valence-corrected chi connectivity index (χ1v) is 8.49. The lowest BCUT2D eigenvalue weighted by atomic mass is 9.96. The lowest BCUT2D eigenvalue weighted by Crippen LogP contribution is -2.33. The van der Waals surface area contributed by atoms with Crippen LogP contribution in [0.4, 0.5) is 0 Å². The standard InChI is InChI=1S/C19H19ClN2O/c20-15-5-1-4-14(9-15)19(6-7-19)12-22-18(23)17-10-16(17)13-3-2-8-21-11-13/h1-5,8-9,11,16-17H,6-7,10,12H2,(H,22,23). The Morgan fingerprint density at radius 3 is 2.87 bits per heavy atom. The van der Waals surface area contributed by atoms with Crippen LogP contribution in [0, 0.1) is 5.92 Å². The summed E-state index contributed by atoms with van der Waals surface area (Å²) in [7, 11) is 0. The third-order valence-electron chi connectivity index (χ3n) is 5.13. The lowest BCUT2D eigenvalue weighted by Gasteiger charge is -2.17. The lowest BCUT2D eigenvalue weighted by molar-refractivity contribution is -0.122. The minimum atomic E-state index is 0.0965. The van der Waals surface area contributed by atoms with Crippen LogP contribution < -0.4 is 5.32 Å². The summed E-state index contributed by atoms with van der Waals surface area (Å²) in [5, 5.41) is 3.93. The topological polar surface area (TPSA) is 42.0 Å². The van der Waals surface area contributed by atoms with Crippen molar-refractivity contribution in [3.63, 3.8) is 0 Å². The summed E-state index contributed by atoms with van der Waals surface area (Å²) in [4.78, 5) is 16.5. The highest BCUT2D eigenvalue weighted by Crippen LogP contribution is 2.50. The zero-order valence-electron chi connectivity index (χ0n) is 12.8. The normalized spacial score (nSPS) is 24.0. The van der Waals surface area contributed by atoms with Crippen molar-refractivity contribution in [2.45, 2.75) is 30.6 Å². The fraction of sp³-hybridized carbons (Fsp3) is 0.368. The van der Waals surface area contributed by atoms with E-state index in [9.17, 15) is 4.79 Å². The van der Waals surface area contributed by atoms with E-state index in [0.717, 1.165) is 24.3 Å². The van der Waals surface area contributed by atoms with E-state index in [2.05, 4.69) is 22.4 Å². The molecule has 1 N–H and O–H groups in total. The van der Waals surface area contributed by atoms with Crippen molar-refractivity contribution in [3.8, 4) is 0 Å². The Morgan fingerprint density at radius 1 is 1.30 bits per heavy atom. The first kappa shape index (κ1) is 14.7. The van der Waals surface area contributed by atoms with Crippen LogP contribution in [0.1, 0.15) is 36.3 Å². The Kier molecular flexibility index (Phi) is 3.61. The molecule has 4 rings (SSSR count). The van der Waals surface area contributed by atoms with Crippen LogP contribution in [0.3, 0.4) is 0 Å². The highest BCUT2D eigenvalue weighted by Gasteiger charge is 2.47. The number of pyridine rings is 1. The summed E-state index contributed by atoms with van der Waals surface area (Å²) in [6, 6.07) is 12.0. The van der Waals surface area contributed by atoms with E-state index < -0.39 is 0 Å². The van der Waals surface area contributed by atoms with Crippen LogP contribution in [0.5, 0.6) is 0 Å². The van der Waals surface area contributed by atoms with Gasteiger partial charge in [0.25, 0.3) is 0 Å². The summed E-state index contributed by atoms with van der Waals surface area (Å²) in [5.74, 6) is 0.617. The monoisotopic (exact) mass is 326 g/mol. The van der Waals surface area contributed by atoms with E-state index in [-0.39, 0.29) is 17.2 Å². The fourth-order valence-corrected chi connectivity index (χ4v) is 3.56. The number of halogens is 1. The van der Waals surface area contributed by atoms with E-state index in [0.29, 0.717) is 12.5 Å². The Balaban J connectivity index is 1.36. The number of amides is 1. The zero-order valence-corrected chi connectivity index (χ0v) is 13.6. The van der Waals surface area contributed by atoms with Crippen molar-refractivity contribution in [2.75, 3.05) is 6.54 Å². The molecule has 2 aliphatic rings. The quantitative estimate of drug-likeness (QED) is 0.910. The minimum absolute atomic E-state index is 0.0965. The maximum Gasteiger partial charge on any atom is 0.223 e. The predicted molar refractivity (Wildman–Crippen MR) is 90.5 cm³/mol. The van der Waals surface area contributed by atoms with Crippen LogP contribution in [0.25, 0.3) is 0 Å². The summed E-state index contributed by atoms with van der Waals surface area (Å²) in [6.07, 6.45) is 6.80. The summed E-state index contributed by atoms with van der Waals surface area (Å²) >= 11 is 6.10. The molecule has 0 radical (unpaired) electrons. The van der Waals surface area contributed by atoms with E-state index in [1.54, 1.807) is 6.20 Å². The summed E-state index contributed by atoms with van der Waals surface area (Å²) < 4.78 is 0. The first-order valence-electron chi connectivity index (χ1n) is 8.12. The van der Waals surface area contributed by atoms with Crippen LogP contribution in [0.15, 0.2) is 48.8 Å². The van der Waals surface area contributed by atoms with Crippen molar-refractivity contribution in [1.82, 2.24) is 10.3 Å². The third-order valence-corrected chi connectivity index (χ3v) is 5.37. The van der Waals surface area contributed by atoms with Gasteiger partial charge in [0, 0.05) is 35.3 Å². The molecule has 2 atom stereocenters. The molecule has 0 bridgehead atoms. The molecule has 23 heavy (non-hydrogen) atoms. The Labute approximate surface area is 141 Å². The number of nitrogens with one attached hydrogen (secondary N) is 1. The molecule has 0 saturated heterocycles. The van der Waals surface area contributed by atoms with Crippen LogP contribution >= 0.6 is 11.6 Å². The number of hydrogen-bond donors (Lipinski definition) is 1. The number of rotatable bonds is 5. The minimum Gasteiger partial charge on any atom is -0.355 e. The molecule has 1 heterocycles. The van der Waals surface area contributed by atoms with Gasteiger partial charge < -0.3 is 5.32 Å². The number of aromatic nitrogens is 1. The first-order chi connectivity index (χ1) is 11.2. The Morgan fingerprint density at radius 2 is 2.17 bits per heavy atom. The molecule has 2 unspecified atom stereocenters. The van der Waals surface area contributed by atoms with E-state index in [1.165, 1.54) is 11.1 Å². The molecule has 0 spiro atoms. The van der Waals surface area contributed by atoms with Gasteiger partial charge in [-0.1, -0.05) is 29.8 Å². The molecule has 118 valence electrons. The molecule has 2 fully saturated rings. The van der Waals surface area contributed by atoms with Crippen molar-refractivity contribution in [2.24, 2.45) is 5.92 Å². The van der Waals surface area contributed by atoms with Gasteiger partial charge in [0.05, 0.1) is 0 Å². The maximum atomic E-state index is 12.4. The van der Waals surface area contributed by atoms with E-state index in [1.807, 2.05) is 30.5 Å². The van der Waals surface area contributed by atoms with Gasteiger partial charge in [-0.25, -0.2) is 0 Å². The van der Waals surface area contributed by atoms with Gasteiger partial charge in [0.15, 0.2) is 0 Å². The average molecular weight is 327 g/mol. The number of nitrogens with zero attached hydrogens (tertiary/aromatic N) is 1. The number of benzene rings is 1. The number of hydrogen-bond acceptors (Lipinski definition) is 2. The van der Waals surface area contributed by atoms with E-state index >= 15 is 0 Å². The van der Waals surface area contributed by atoms with Gasteiger partial charge in [-0.2, -0.15) is 0 Å². The number of carbonyl (C=O) groups excluding carboxylic acids is 1. The van der Waals surface area contributed by atoms with Crippen molar-refractivity contribution in [3.05, 3.63) is 64.9 Å². The zero-order chi connectivity index (χ0) is 15.9. The Hall–Kier alpha value is -1.87. The molecule has 4 heteroatoms.